The molecule has 0 fully saturated rings. The minimum absolute atomic E-state index is 0.0426. The molecule has 0 heterocycles. The highest BCUT2D eigenvalue weighted by Gasteiger charge is 2.28. The lowest BCUT2D eigenvalue weighted by Crippen LogP contribution is -2.26. The van der Waals surface area contributed by atoms with E-state index in [0.29, 0.717) is 6.42 Å². The second-order valence-electron chi connectivity index (χ2n) is 7.42. The lowest BCUT2D eigenvalue weighted by atomic mass is 9.74. The predicted molar refractivity (Wildman–Crippen MR) is 81.2 cm³/mol. The molecule has 0 atom stereocenters. The Kier molecular flexibility index (Phi) is 5.36. The zero-order chi connectivity index (χ0) is 16.3. The number of rotatable bonds is 4. The van der Waals surface area contributed by atoms with Gasteiger partial charge in [-0.05, 0) is 30.8 Å². The van der Waals surface area contributed by atoms with Crippen LogP contribution >= 0.6 is 0 Å². The quantitative estimate of drug-likeness (QED) is 0.491. The van der Waals surface area contributed by atoms with Gasteiger partial charge in [0.15, 0.2) is 0 Å². The number of carbonyl (C=O) groups excluding carboxylic acids is 1. The van der Waals surface area contributed by atoms with Crippen molar-refractivity contribution < 1.29 is 14.6 Å². The van der Waals surface area contributed by atoms with E-state index in [9.17, 15) is 15.2 Å². The Morgan fingerprint density at radius 3 is 2.57 bits per heavy atom. The van der Waals surface area contributed by atoms with Crippen LogP contribution in [0.2, 0.25) is 0 Å². The molecule has 1 N–H and O–H groups in total. The van der Waals surface area contributed by atoms with Gasteiger partial charge in [-0.2, -0.15) is 5.26 Å². The maximum absolute atomic E-state index is 12.1. The highest BCUT2D eigenvalue weighted by Crippen LogP contribution is 2.38. The van der Waals surface area contributed by atoms with Gasteiger partial charge in [-0.3, -0.25) is 0 Å². The van der Waals surface area contributed by atoms with Crippen LogP contribution in [0.3, 0.4) is 0 Å². The fourth-order valence-electron chi connectivity index (χ4n) is 2.52. The van der Waals surface area contributed by atoms with Crippen molar-refractivity contribution in [2.24, 2.45) is 10.8 Å². The van der Waals surface area contributed by atoms with Gasteiger partial charge < -0.3 is 9.84 Å². The van der Waals surface area contributed by atoms with Crippen molar-refractivity contribution >= 4 is 5.97 Å². The normalized spacial score (nSPS) is 20.3. The maximum atomic E-state index is 12.1. The molecule has 4 nitrogen and oxygen atoms in total. The van der Waals surface area contributed by atoms with Crippen molar-refractivity contribution in [3.8, 4) is 6.07 Å². The highest BCUT2D eigenvalue weighted by atomic mass is 16.5. The molecule has 0 aromatic rings. The highest BCUT2D eigenvalue weighted by molar-refractivity contribution is 5.94. The van der Waals surface area contributed by atoms with Gasteiger partial charge in [0.05, 0.1) is 13.2 Å². The molecule has 0 saturated carbocycles. The summed E-state index contributed by atoms with van der Waals surface area (Å²) < 4.78 is 5.20. The molecule has 0 unspecified atom stereocenters. The van der Waals surface area contributed by atoms with Crippen molar-refractivity contribution in [3.63, 3.8) is 0 Å². The number of aliphatic hydroxyl groups is 1. The van der Waals surface area contributed by atoms with Crippen LogP contribution in [0.1, 0.15) is 47.5 Å². The fraction of sp³-hybridized carbons (Fsp3) is 0.647. The molecule has 116 valence electrons. The number of carbonyl (C=O) groups is 1. The summed E-state index contributed by atoms with van der Waals surface area (Å²) >= 11 is 0. The van der Waals surface area contributed by atoms with E-state index in [4.69, 9.17) is 4.74 Å². The van der Waals surface area contributed by atoms with Gasteiger partial charge in [0, 0.05) is 5.41 Å². The number of esters is 1. The summed E-state index contributed by atoms with van der Waals surface area (Å²) in [6, 6.07) is 1.98. The van der Waals surface area contributed by atoms with E-state index < -0.39 is 11.4 Å². The number of allylic oxidation sites excluding steroid dienone is 3. The van der Waals surface area contributed by atoms with E-state index >= 15 is 0 Å². The Morgan fingerprint density at radius 2 is 2.10 bits per heavy atom. The summed E-state index contributed by atoms with van der Waals surface area (Å²) in [5, 5.41) is 18.5. The Morgan fingerprint density at radius 1 is 1.48 bits per heavy atom. The molecular formula is C17H25NO3. The number of nitrogens with zero attached hydrogens (tertiary/aromatic N) is 1. The molecule has 0 amide bonds. The van der Waals surface area contributed by atoms with Gasteiger partial charge >= 0.3 is 5.97 Å². The molecule has 0 saturated heterocycles. The molecule has 0 aliphatic heterocycles. The van der Waals surface area contributed by atoms with Crippen molar-refractivity contribution in [3.05, 3.63) is 22.8 Å². The Balaban J connectivity index is 2.97. The maximum Gasteiger partial charge on any atom is 0.349 e. The van der Waals surface area contributed by atoms with Crippen LogP contribution < -0.4 is 0 Å². The molecule has 1 rings (SSSR count). The van der Waals surface area contributed by atoms with Crippen LogP contribution in [0.4, 0.5) is 0 Å². The molecule has 21 heavy (non-hydrogen) atoms. The zero-order valence-electron chi connectivity index (χ0n) is 13.6. The number of ether oxygens (including phenoxy) is 1. The third kappa shape index (κ3) is 5.02. The van der Waals surface area contributed by atoms with E-state index in [1.54, 1.807) is 13.8 Å². The summed E-state index contributed by atoms with van der Waals surface area (Å²) in [6.45, 7) is 9.87. The summed E-state index contributed by atoms with van der Waals surface area (Å²) in [7, 11) is 0. The summed E-state index contributed by atoms with van der Waals surface area (Å²) in [5.41, 5.74) is 1.53. The first-order valence-electron chi connectivity index (χ1n) is 7.19. The average Bonchev–Trinajstić information content (AvgIpc) is 2.35. The average molecular weight is 291 g/mol. The third-order valence-electron chi connectivity index (χ3n) is 3.51. The molecule has 4 heteroatoms. The van der Waals surface area contributed by atoms with Gasteiger partial charge in [-0.1, -0.05) is 39.3 Å². The van der Waals surface area contributed by atoms with Gasteiger partial charge in [0.25, 0.3) is 0 Å². The van der Waals surface area contributed by atoms with Crippen molar-refractivity contribution in [1.29, 1.82) is 5.26 Å². The molecule has 1 aliphatic rings. The minimum Gasteiger partial charge on any atom is -0.461 e. The van der Waals surface area contributed by atoms with E-state index in [2.05, 4.69) is 13.8 Å². The van der Waals surface area contributed by atoms with Crippen LogP contribution in [-0.2, 0) is 9.53 Å². The first kappa shape index (κ1) is 17.5. The standard InChI is InChI=1S/C17H25NO3/c1-12-6-13(8-16(2,3)7-12)14(9-18)15(20)21-11-17(4,5)10-19/h6,19H,7-8,10-11H2,1-5H3. The Hall–Kier alpha value is -1.60. The van der Waals surface area contributed by atoms with Crippen LogP contribution in [0, 0.1) is 22.2 Å². The Bertz CT molecular complexity index is 519. The van der Waals surface area contributed by atoms with Gasteiger partial charge in [0.2, 0.25) is 0 Å². The smallest absolute Gasteiger partial charge is 0.349 e. The number of hydrogen-bond acceptors (Lipinski definition) is 4. The predicted octanol–water partition coefficient (Wildman–Crippen LogP) is 3.13. The zero-order valence-corrected chi connectivity index (χ0v) is 13.6. The van der Waals surface area contributed by atoms with Crippen molar-refractivity contribution in [2.75, 3.05) is 13.2 Å². The van der Waals surface area contributed by atoms with Crippen LogP contribution in [0.25, 0.3) is 0 Å². The second-order valence-corrected chi connectivity index (χ2v) is 7.42. The molecule has 0 bridgehead atoms. The second kappa shape index (κ2) is 6.44. The van der Waals surface area contributed by atoms with E-state index in [0.717, 1.165) is 17.6 Å². The first-order chi connectivity index (χ1) is 9.60. The third-order valence-corrected chi connectivity index (χ3v) is 3.51. The first-order valence-corrected chi connectivity index (χ1v) is 7.19. The summed E-state index contributed by atoms with van der Waals surface area (Å²) in [4.78, 5) is 12.1. The van der Waals surface area contributed by atoms with Crippen LogP contribution in [-0.4, -0.2) is 24.3 Å². The van der Waals surface area contributed by atoms with Crippen molar-refractivity contribution in [2.45, 2.75) is 47.5 Å². The molecular weight excluding hydrogens is 266 g/mol. The van der Waals surface area contributed by atoms with Gasteiger partial charge in [-0.15, -0.1) is 0 Å². The SMILES string of the molecule is CC1=CC(=C(C#N)C(=O)OCC(C)(C)CO)CC(C)(C)C1. The molecule has 0 aromatic heterocycles. The van der Waals surface area contributed by atoms with Gasteiger partial charge in [0.1, 0.15) is 11.6 Å². The van der Waals surface area contributed by atoms with Gasteiger partial charge in [-0.25, -0.2) is 4.79 Å². The minimum atomic E-state index is -0.601. The van der Waals surface area contributed by atoms with E-state index in [-0.39, 0.29) is 24.2 Å². The topological polar surface area (TPSA) is 70.3 Å². The molecule has 0 spiro atoms. The molecule has 1 aliphatic carbocycles. The van der Waals surface area contributed by atoms with Crippen LogP contribution in [0.5, 0.6) is 0 Å². The summed E-state index contributed by atoms with van der Waals surface area (Å²) in [5.74, 6) is -0.601. The van der Waals surface area contributed by atoms with Crippen molar-refractivity contribution in [1.82, 2.24) is 0 Å². The lowest BCUT2D eigenvalue weighted by Gasteiger charge is -2.30. The largest absolute Gasteiger partial charge is 0.461 e. The number of nitriles is 1. The van der Waals surface area contributed by atoms with E-state index in [1.807, 2.05) is 19.1 Å². The summed E-state index contributed by atoms with van der Waals surface area (Å²) in [6.07, 6.45) is 3.57. The monoisotopic (exact) mass is 291 g/mol. The molecule has 0 aromatic carbocycles. The fourth-order valence-corrected chi connectivity index (χ4v) is 2.52. The molecule has 0 radical (unpaired) electrons. The number of aliphatic hydroxyl groups excluding tert-OH is 1. The Labute approximate surface area is 127 Å². The van der Waals surface area contributed by atoms with Crippen LogP contribution in [0.15, 0.2) is 22.8 Å². The lowest BCUT2D eigenvalue weighted by molar-refractivity contribution is -0.142. The number of hydrogen-bond donors (Lipinski definition) is 1. The van der Waals surface area contributed by atoms with E-state index in [1.165, 1.54) is 0 Å².